The molecule has 6 atom stereocenters. The molecule has 17 nitrogen and oxygen atoms in total. The number of hydrogen-bond acceptors (Lipinski definition) is 15. The summed E-state index contributed by atoms with van der Waals surface area (Å²) in [6, 6.07) is 0. The lowest BCUT2D eigenvalue weighted by Crippen LogP contribution is -2.30. The van der Waals surface area contributed by atoms with Crippen LogP contribution in [0.15, 0.2) is 0 Å². The van der Waals surface area contributed by atoms with E-state index in [4.69, 9.17) is 37.0 Å². The van der Waals surface area contributed by atoms with Gasteiger partial charge < -0.3 is 33.8 Å². The highest BCUT2D eigenvalue weighted by atomic mass is 31.2. The molecule has 0 aromatic carbocycles. The summed E-state index contributed by atoms with van der Waals surface area (Å²) in [5, 5.41) is 10.6. The number of hydrogen-bond donors (Lipinski definition) is 3. The molecule has 0 aromatic rings. The number of rotatable bonds is 78. The molecule has 588 valence electrons. The molecular weight excluding hydrogens is 1290 g/mol. The molecule has 3 N–H and O–H groups in total. The summed E-state index contributed by atoms with van der Waals surface area (Å²) in [4.78, 5) is 72.9. The molecule has 0 amide bonds. The molecule has 19 heteroatoms. The van der Waals surface area contributed by atoms with Crippen LogP contribution in [0.3, 0.4) is 0 Å². The third-order valence-electron chi connectivity index (χ3n) is 19.0. The summed E-state index contributed by atoms with van der Waals surface area (Å²) >= 11 is 0. The van der Waals surface area contributed by atoms with Crippen LogP contribution in [0.2, 0.25) is 0 Å². The highest BCUT2D eigenvalue weighted by molar-refractivity contribution is 7.47. The summed E-state index contributed by atoms with van der Waals surface area (Å²) in [6.45, 7) is 11.9. The first-order chi connectivity index (χ1) is 47.8. The quantitative estimate of drug-likeness (QED) is 0.0222. The van der Waals surface area contributed by atoms with Gasteiger partial charge in [0, 0.05) is 25.7 Å². The Bertz CT molecular complexity index is 1920. The predicted molar refractivity (Wildman–Crippen MR) is 405 cm³/mol. The molecule has 0 bridgehead atoms. The van der Waals surface area contributed by atoms with Gasteiger partial charge >= 0.3 is 39.5 Å². The lowest BCUT2D eigenvalue weighted by atomic mass is 10.00. The Labute approximate surface area is 607 Å². The largest absolute Gasteiger partial charge is 0.472 e. The molecule has 0 spiro atoms. The first-order valence-electron chi connectivity index (χ1n) is 41.4. The first kappa shape index (κ1) is 97.1. The third kappa shape index (κ3) is 72.8. The lowest BCUT2D eigenvalue weighted by Gasteiger charge is -2.21. The van der Waals surface area contributed by atoms with Crippen molar-refractivity contribution in [1.29, 1.82) is 0 Å². The second-order valence-electron chi connectivity index (χ2n) is 30.0. The molecule has 0 aromatic heterocycles. The van der Waals surface area contributed by atoms with Crippen molar-refractivity contribution in [2.45, 2.75) is 433 Å². The van der Waals surface area contributed by atoms with Gasteiger partial charge in [-0.25, -0.2) is 9.13 Å². The summed E-state index contributed by atoms with van der Waals surface area (Å²) in [5.41, 5.74) is 0. The van der Waals surface area contributed by atoms with E-state index < -0.39 is 97.5 Å². The zero-order valence-corrected chi connectivity index (χ0v) is 66.8. The van der Waals surface area contributed by atoms with Crippen molar-refractivity contribution < 1.29 is 80.2 Å². The van der Waals surface area contributed by atoms with Gasteiger partial charge in [0.2, 0.25) is 0 Å². The van der Waals surface area contributed by atoms with Crippen LogP contribution in [-0.2, 0) is 65.4 Å². The smallest absolute Gasteiger partial charge is 0.462 e. The maximum Gasteiger partial charge on any atom is 0.472 e. The summed E-state index contributed by atoms with van der Waals surface area (Å²) in [7, 11) is -9.92. The van der Waals surface area contributed by atoms with Crippen LogP contribution in [0.25, 0.3) is 0 Å². The van der Waals surface area contributed by atoms with E-state index in [0.717, 1.165) is 114 Å². The zero-order valence-electron chi connectivity index (χ0n) is 65.0. The van der Waals surface area contributed by atoms with Gasteiger partial charge in [-0.15, -0.1) is 0 Å². The van der Waals surface area contributed by atoms with Crippen molar-refractivity contribution in [3.63, 3.8) is 0 Å². The van der Waals surface area contributed by atoms with Gasteiger partial charge in [-0.1, -0.05) is 363 Å². The first-order valence-corrected chi connectivity index (χ1v) is 44.4. The Morgan fingerprint density at radius 3 is 0.768 bits per heavy atom. The number of unbranched alkanes of at least 4 members (excludes halogenated alkanes) is 45. The number of carbonyl (C=O) groups excluding carboxylic acids is 4. The average Bonchev–Trinajstić information content (AvgIpc) is 2.05. The van der Waals surface area contributed by atoms with Crippen LogP contribution in [0.5, 0.6) is 0 Å². The molecule has 0 saturated carbocycles. The number of carbonyl (C=O) groups is 4. The molecule has 0 radical (unpaired) electrons. The molecule has 0 heterocycles. The predicted octanol–water partition coefficient (Wildman–Crippen LogP) is 23.7. The number of ether oxygens (including phenoxy) is 4. The SMILES string of the molecule is CCCCCCCCCCCCCCCCCCCCCCC(=O)O[C@H](COC(=O)CCCCCCCCCCCCCCCCCC(C)C)COP(=O)(O)OC[C@@H](O)COP(=O)(O)OC[C@@H](COC(=O)CCCCCCCCC(C)CC)OC(=O)CCCCCCCCCCC(C)C. The van der Waals surface area contributed by atoms with Crippen molar-refractivity contribution in [1.82, 2.24) is 0 Å². The Morgan fingerprint density at radius 1 is 0.293 bits per heavy atom. The van der Waals surface area contributed by atoms with Crippen LogP contribution in [-0.4, -0.2) is 96.7 Å². The minimum Gasteiger partial charge on any atom is -0.462 e. The van der Waals surface area contributed by atoms with E-state index in [1.165, 1.54) is 218 Å². The zero-order chi connectivity index (χ0) is 73.0. The highest BCUT2D eigenvalue weighted by Gasteiger charge is 2.30. The van der Waals surface area contributed by atoms with E-state index in [2.05, 4.69) is 48.5 Å². The van der Waals surface area contributed by atoms with Crippen molar-refractivity contribution in [3.05, 3.63) is 0 Å². The van der Waals surface area contributed by atoms with Gasteiger partial charge in [0.25, 0.3) is 0 Å². The minimum atomic E-state index is -4.96. The van der Waals surface area contributed by atoms with Gasteiger partial charge in [0.1, 0.15) is 19.3 Å². The van der Waals surface area contributed by atoms with E-state index in [-0.39, 0.29) is 25.7 Å². The van der Waals surface area contributed by atoms with Crippen molar-refractivity contribution in [2.75, 3.05) is 39.6 Å². The molecule has 3 unspecified atom stereocenters. The molecule has 0 rings (SSSR count). The van der Waals surface area contributed by atoms with Gasteiger partial charge in [-0.3, -0.25) is 37.3 Å². The van der Waals surface area contributed by atoms with Gasteiger partial charge in [-0.05, 0) is 43.4 Å². The lowest BCUT2D eigenvalue weighted by molar-refractivity contribution is -0.161. The van der Waals surface area contributed by atoms with Crippen LogP contribution >= 0.6 is 15.6 Å². The molecule has 0 aliphatic carbocycles. The summed E-state index contributed by atoms with van der Waals surface area (Å²) in [5.74, 6) is 0.139. The number of phosphoric acid groups is 2. The Kier molecular flexibility index (Phi) is 69.0. The fourth-order valence-corrected chi connectivity index (χ4v) is 13.9. The Balaban J connectivity index is 5.22. The van der Waals surface area contributed by atoms with Crippen LogP contribution in [0, 0.1) is 17.8 Å². The normalized spacial score (nSPS) is 14.3. The van der Waals surface area contributed by atoms with E-state index >= 15 is 0 Å². The molecule has 0 aliphatic rings. The molecule has 0 fully saturated rings. The monoisotopic (exact) mass is 1450 g/mol. The summed E-state index contributed by atoms with van der Waals surface area (Å²) in [6.07, 6.45) is 58.5. The highest BCUT2D eigenvalue weighted by Crippen LogP contribution is 2.45. The molecule has 99 heavy (non-hydrogen) atoms. The Hall–Kier alpha value is -1.94. The van der Waals surface area contributed by atoms with Crippen LogP contribution in [0.1, 0.15) is 414 Å². The molecular formula is C80H156O17P2. The minimum absolute atomic E-state index is 0.104. The summed E-state index contributed by atoms with van der Waals surface area (Å²) < 4.78 is 68.6. The van der Waals surface area contributed by atoms with E-state index in [1.54, 1.807) is 0 Å². The van der Waals surface area contributed by atoms with Crippen LogP contribution < -0.4 is 0 Å². The van der Waals surface area contributed by atoms with Crippen molar-refractivity contribution in [3.8, 4) is 0 Å². The van der Waals surface area contributed by atoms with Crippen LogP contribution in [0.4, 0.5) is 0 Å². The fraction of sp³-hybridized carbons (Fsp3) is 0.950. The maximum absolute atomic E-state index is 13.1. The van der Waals surface area contributed by atoms with Gasteiger partial charge in [0.15, 0.2) is 12.2 Å². The van der Waals surface area contributed by atoms with Gasteiger partial charge in [0.05, 0.1) is 26.4 Å². The Morgan fingerprint density at radius 2 is 0.515 bits per heavy atom. The molecule has 0 saturated heterocycles. The van der Waals surface area contributed by atoms with Gasteiger partial charge in [-0.2, -0.15) is 0 Å². The number of esters is 4. The molecule has 0 aliphatic heterocycles. The third-order valence-corrected chi connectivity index (χ3v) is 20.9. The van der Waals surface area contributed by atoms with Crippen molar-refractivity contribution >= 4 is 39.5 Å². The standard InChI is InChI=1S/C80H156O17P2/c1-8-10-11-12-13-14-15-16-17-18-19-20-21-24-28-31-34-40-49-56-63-79(84)96-75(67-90-77(82)61-54-47-39-33-30-27-25-22-23-26-29-32-37-44-51-58-71(3)4)69-94-98(86,87)92-65-74(81)66-93-99(88,89)95-70-76(68-91-78(83)62-55-48-43-42-46-53-60-73(7)9-2)97-80(85)64-57-50-41-36-35-38-45-52-59-72(5)6/h71-76,81H,8-70H2,1-7H3,(H,86,87)(H,88,89)/t73?,74-,75-,76-/m1/s1. The number of phosphoric ester groups is 2. The second kappa shape index (κ2) is 70.4. The number of aliphatic hydroxyl groups excluding tert-OH is 1. The maximum atomic E-state index is 13.1. The van der Waals surface area contributed by atoms with Crippen molar-refractivity contribution in [2.24, 2.45) is 17.8 Å². The van der Waals surface area contributed by atoms with E-state index in [9.17, 15) is 43.2 Å². The topological polar surface area (TPSA) is 237 Å². The van der Waals surface area contributed by atoms with E-state index in [0.29, 0.717) is 25.7 Å². The number of aliphatic hydroxyl groups is 1. The van der Waals surface area contributed by atoms with E-state index in [1.807, 2.05) is 0 Å². The average molecular weight is 1450 g/mol. The second-order valence-corrected chi connectivity index (χ2v) is 32.9. The fourth-order valence-electron chi connectivity index (χ4n) is 12.3.